The highest BCUT2D eigenvalue weighted by molar-refractivity contribution is 5.96. The largest absolute Gasteiger partial charge is 0.265 e. The fourth-order valence-electron chi connectivity index (χ4n) is 9.07. The van der Waals surface area contributed by atoms with Crippen molar-refractivity contribution in [1.82, 2.24) is 19.9 Å². The van der Waals surface area contributed by atoms with Gasteiger partial charge in [0.15, 0.2) is 17.5 Å². The topological polar surface area (TPSA) is 99.1 Å². The lowest BCUT2D eigenvalue weighted by atomic mass is 9.70. The number of rotatable bonds is 5. The van der Waals surface area contributed by atoms with Gasteiger partial charge in [-0.1, -0.05) is 97.1 Å². The smallest absolute Gasteiger partial charge is 0.164 e. The lowest BCUT2D eigenvalue weighted by Crippen LogP contribution is -2.26. The minimum Gasteiger partial charge on any atom is -0.265 e. The molecular weight excluding hydrogens is 721 g/mol. The van der Waals surface area contributed by atoms with Crippen molar-refractivity contribution in [3.63, 3.8) is 0 Å². The van der Waals surface area contributed by atoms with E-state index < -0.39 is 5.41 Å². The predicted octanol–water partition coefficient (Wildman–Crippen LogP) is 11.7. The Morgan fingerprint density at radius 3 is 1.46 bits per heavy atom. The number of nitrogens with zero attached hydrogens (tertiary/aromatic N) is 6. The Morgan fingerprint density at radius 1 is 0.339 bits per heavy atom. The molecule has 2 aliphatic carbocycles. The third-order valence-electron chi connectivity index (χ3n) is 11.7. The van der Waals surface area contributed by atoms with E-state index in [2.05, 4.69) is 114 Å². The maximum Gasteiger partial charge on any atom is 0.164 e. The van der Waals surface area contributed by atoms with Gasteiger partial charge in [0.2, 0.25) is 0 Å². The van der Waals surface area contributed by atoms with Crippen LogP contribution in [-0.4, -0.2) is 19.9 Å². The molecule has 6 nitrogen and oxygen atoms in total. The van der Waals surface area contributed by atoms with Crippen molar-refractivity contribution >= 4 is 0 Å². The van der Waals surface area contributed by atoms with Gasteiger partial charge < -0.3 is 0 Å². The van der Waals surface area contributed by atoms with Crippen LogP contribution < -0.4 is 0 Å². The summed E-state index contributed by atoms with van der Waals surface area (Å²) in [5.74, 6) is 1.60. The van der Waals surface area contributed by atoms with Crippen LogP contribution in [0.1, 0.15) is 33.4 Å². The normalized spacial score (nSPS) is 12.5. The Balaban J connectivity index is 1.15. The summed E-state index contributed by atoms with van der Waals surface area (Å²) in [6, 6.07) is 62.7. The van der Waals surface area contributed by atoms with Crippen LogP contribution in [0.2, 0.25) is 0 Å². The monoisotopic (exact) mass is 750 g/mol. The Morgan fingerprint density at radius 2 is 0.814 bits per heavy atom. The fourth-order valence-corrected chi connectivity index (χ4v) is 9.07. The minimum absolute atomic E-state index is 0.516. The van der Waals surface area contributed by atoms with Crippen LogP contribution in [0.3, 0.4) is 0 Å². The lowest BCUT2D eigenvalue weighted by molar-refractivity contribution is 0.793. The average molecular weight is 751 g/mol. The second-order valence-corrected chi connectivity index (χ2v) is 14.9. The third-order valence-corrected chi connectivity index (χ3v) is 11.7. The second-order valence-electron chi connectivity index (χ2n) is 14.9. The summed E-state index contributed by atoms with van der Waals surface area (Å²) in [5, 5.41) is 19.6. The second kappa shape index (κ2) is 13.4. The van der Waals surface area contributed by atoms with E-state index in [4.69, 9.17) is 15.0 Å². The molecule has 2 aliphatic rings. The van der Waals surface area contributed by atoms with E-state index in [0.717, 1.165) is 55.6 Å². The molecule has 59 heavy (non-hydrogen) atoms. The molecule has 0 saturated heterocycles. The van der Waals surface area contributed by atoms with E-state index >= 15 is 0 Å². The predicted molar refractivity (Wildman–Crippen MR) is 231 cm³/mol. The number of benzene rings is 7. The van der Waals surface area contributed by atoms with E-state index in [-0.39, 0.29) is 0 Å². The Labute approximate surface area is 341 Å². The van der Waals surface area contributed by atoms with Crippen molar-refractivity contribution < 1.29 is 0 Å². The Bertz CT molecular complexity index is 3190. The zero-order chi connectivity index (χ0) is 39.5. The van der Waals surface area contributed by atoms with Gasteiger partial charge in [-0.05, 0) is 140 Å². The molecule has 0 amide bonds. The summed E-state index contributed by atoms with van der Waals surface area (Å²) < 4.78 is 0. The molecule has 2 aromatic heterocycles. The summed E-state index contributed by atoms with van der Waals surface area (Å²) in [7, 11) is 0. The number of fused-ring (bicyclic) bond motifs is 10. The Hall–Kier alpha value is -8.32. The number of hydrogen-bond acceptors (Lipinski definition) is 6. The van der Waals surface area contributed by atoms with Crippen molar-refractivity contribution in [2.75, 3.05) is 0 Å². The maximum atomic E-state index is 10.1. The molecule has 7 aromatic carbocycles. The first-order chi connectivity index (χ1) is 29.1. The molecule has 0 aliphatic heterocycles. The van der Waals surface area contributed by atoms with E-state index in [1.54, 1.807) is 12.1 Å². The van der Waals surface area contributed by atoms with E-state index in [1.807, 2.05) is 73.1 Å². The first-order valence-electron chi connectivity index (χ1n) is 19.4. The number of pyridine rings is 1. The van der Waals surface area contributed by atoms with Crippen molar-refractivity contribution in [3.05, 3.63) is 216 Å². The van der Waals surface area contributed by atoms with Crippen LogP contribution in [0.5, 0.6) is 0 Å². The summed E-state index contributed by atoms with van der Waals surface area (Å²) in [5.41, 5.74) is 16.6. The standard InChI is InChI=1S/C53H30N6/c54-31-33-14-17-37(18-15-33)51-57-50(36-8-2-1-3-9-36)58-52(59-51)41-28-39(35-22-24-56-25-23-35)27-40(29-41)38-19-21-45-44-20-16-34(32-55)26-48(44)53(49(45)30-38)46-12-6-4-10-42(46)43-11-5-7-13-47(43)53/h1-30H. The first-order valence-corrected chi connectivity index (χ1v) is 19.4. The summed E-state index contributed by atoms with van der Waals surface area (Å²) in [6.45, 7) is 0. The molecule has 0 radical (unpaired) electrons. The molecule has 0 unspecified atom stereocenters. The molecule has 1 spiro atoms. The molecule has 272 valence electrons. The van der Waals surface area contributed by atoms with Gasteiger partial charge in [-0.3, -0.25) is 4.98 Å². The van der Waals surface area contributed by atoms with Crippen LogP contribution in [0.25, 0.3) is 78.7 Å². The van der Waals surface area contributed by atoms with E-state index in [0.29, 0.717) is 28.6 Å². The van der Waals surface area contributed by atoms with Gasteiger partial charge in [0.1, 0.15) is 0 Å². The van der Waals surface area contributed by atoms with Gasteiger partial charge in [-0.2, -0.15) is 10.5 Å². The highest BCUT2D eigenvalue weighted by atomic mass is 15.0. The minimum atomic E-state index is -0.610. The number of hydrogen-bond donors (Lipinski definition) is 0. The van der Waals surface area contributed by atoms with Gasteiger partial charge in [-0.25, -0.2) is 15.0 Å². The molecule has 0 saturated carbocycles. The maximum absolute atomic E-state index is 10.1. The van der Waals surface area contributed by atoms with Crippen molar-refractivity contribution in [2.45, 2.75) is 5.41 Å². The molecule has 6 heteroatoms. The average Bonchev–Trinajstić information content (AvgIpc) is 3.78. The van der Waals surface area contributed by atoms with Crippen LogP contribution in [0, 0.1) is 22.7 Å². The van der Waals surface area contributed by atoms with Crippen molar-refractivity contribution in [3.8, 4) is 90.8 Å². The van der Waals surface area contributed by atoms with Gasteiger partial charge in [-0.15, -0.1) is 0 Å². The molecule has 0 N–H and O–H groups in total. The zero-order valence-electron chi connectivity index (χ0n) is 31.5. The van der Waals surface area contributed by atoms with Crippen LogP contribution in [-0.2, 0) is 5.41 Å². The highest BCUT2D eigenvalue weighted by Gasteiger charge is 2.51. The molecule has 0 bridgehead atoms. The zero-order valence-corrected chi connectivity index (χ0v) is 31.5. The van der Waals surface area contributed by atoms with Crippen molar-refractivity contribution in [2.24, 2.45) is 0 Å². The summed E-state index contributed by atoms with van der Waals surface area (Å²) in [6.07, 6.45) is 3.62. The van der Waals surface area contributed by atoms with Crippen LogP contribution in [0.15, 0.2) is 182 Å². The van der Waals surface area contributed by atoms with Crippen LogP contribution in [0.4, 0.5) is 0 Å². The van der Waals surface area contributed by atoms with Crippen LogP contribution >= 0.6 is 0 Å². The number of nitriles is 2. The SMILES string of the molecule is N#Cc1ccc(-c2nc(-c3ccccc3)nc(-c3cc(-c4ccncc4)cc(-c4ccc5c(c4)C4(c6ccccc6-c6ccccc64)c4cc(C#N)ccc4-5)c3)n2)cc1. The van der Waals surface area contributed by atoms with Gasteiger partial charge in [0, 0.05) is 29.1 Å². The molecular formula is C53H30N6. The Kier molecular flexibility index (Phi) is 7.72. The quantitative estimate of drug-likeness (QED) is 0.174. The van der Waals surface area contributed by atoms with Gasteiger partial charge in [0.05, 0.1) is 28.7 Å². The van der Waals surface area contributed by atoms with Gasteiger partial charge in [0.25, 0.3) is 0 Å². The molecule has 11 rings (SSSR count). The molecule has 9 aromatic rings. The molecule has 2 heterocycles. The van der Waals surface area contributed by atoms with Gasteiger partial charge >= 0.3 is 0 Å². The van der Waals surface area contributed by atoms with E-state index in [9.17, 15) is 10.5 Å². The highest BCUT2D eigenvalue weighted by Crippen LogP contribution is 2.63. The first kappa shape index (κ1) is 34.0. The summed E-state index contributed by atoms with van der Waals surface area (Å²) in [4.78, 5) is 19.4. The number of aromatic nitrogens is 4. The molecule has 0 fully saturated rings. The molecule has 0 atom stereocenters. The van der Waals surface area contributed by atoms with E-state index in [1.165, 1.54) is 27.8 Å². The fraction of sp³-hybridized carbons (Fsp3) is 0.0189. The van der Waals surface area contributed by atoms with Crippen molar-refractivity contribution in [1.29, 1.82) is 10.5 Å². The third kappa shape index (κ3) is 5.32. The summed E-state index contributed by atoms with van der Waals surface area (Å²) >= 11 is 0. The lowest BCUT2D eigenvalue weighted by Gasteiger charge is -2.30.